The Bertz CT molecular complexity index is 1400. The maximum Gasteiger partial charge on any atom is 0.253 e. The van der Waals surface area contributed by atoms with Crippen molar-refractivity contribution in [1.29, 1.82) is 0 Å². The van der Waals surface area contributed by atoms with Gasteiger partial charge in [0.2, 0.25) is 0 Å². The van der Waals surface area contributed by atoms with Gasteiger partial charge in [-0.15, -0.1) is 0 Å². The Morgan fingerprint density at radius 2 is 1.69 bits per heavy atom. The van der Waals surface area contributed by atoms with Crippen LogP contribution in [0.25, 0.3) is 0 Å². The monoisotopic (exact) mass is 572 g/mol. The number of hydrogen-bond acceptors (Lipinski definition) is 10. The summed E-state index contributed by atoms with van der Waals surface area (Å²) in [4.78, 5) is 38.3. The molecule has 0 spiro atoms. The fraction of sp³-hybridized carbons (Fsp3) is 0.400. The summed E-state index contributed by atoms with van der Waals surface area (Å²) >= 11 is 0. The fourth-order valence-electron chi connectivity index (χ4n) is 5.49. The normalized spacial score (nSPS) is 16.6. The molecule has 12 heteroatoms. The zero-order valence-corrected chi connectivity index (χ0v) is 24.0. The van der Waals surface area contributed by atoms with Crippen LogP contribution in [0.2, 0.25) is 0 Å². The van der Waals surface area contributed by atoms with Gasteiger partial charge in [0.05, 0.1) is 28.7 Å². The number of benzene rings is 1. The second-order valence-corrected chi connectivity index (χ2v) is 11.2. The first-order chi connectivity index (χ1) is 20.2. The number of amides is 2. The average Bonchev–Trinajstić information content (AvgIpc) is 2.98. The van der Waals surface area contributed by atoms with Crippen LogP contribution >= 0.6 is 0 Å². The van der Waals surface area contributed by atoms with E-state index in [1.54, 1.807) is 30.5 Å². The second-order valence-electron chi connectivity index (χ2n) is 11.2. The van der Waals surface area contributed by atoms with Crippen LogP contribution in [0.3, 0.4) is 0 Å². The Morgan fingerprint density at radius 3 is 2.36 bits per heavy atom. The highest BCUT2D eigenvalue weighted by Crippen LogP contribution is 2.27. The van der Waals surface area contributed by atoms with Crippen molar-refractivity contribution in [3.05, 3.63) is 59.9 Å². The van der Waals surface area contributed by atoms with Crippen LogP contribution in [0.15, 0.2) is 48.8 Å². The summed E-state index contributed by atoms with van der Waals surface area (Å²) < 4.78 is 0. The average molecular weight is 573 g/mol. The lowest BCUT2D eigenvalue weighted by atomic mass is 9.97. The standard InChI is InChI=1S/C30H40N10O2/c1-39-10-6-19(7-11-39)16-36-30(42)23-4-3-22(14-25(23)32)38-27-15-26(24(18-34-27)29(33)41)37-21-8-12-40(13-9-21)28-5-2-20(31)17-35-28/h2-5,14-15,17-19,21H,6-13,16,31-32H2,1H3,(H2,33,41)(H,36,42)(H2,34,37,38). The molecular weight excluding hydrogens is 532 g/mol. The smallest absolute Gasteiger partial charge is 0.253 e. The molecule has 222 valence electrons. The molecule has 3 aromatic rings. The SMILES string of the molecule is CN1CCC(CNC(=O)c2ccc(Nc3cc(NC4CCN(c5ccc(N)cn5)CC4)c(C(N)=O)cn3)cc2N)CC1. The summed E-state index contributed by atoms with van der Waals surface area (Å²) in [5, 5.41) is 9.76. The maximum absolute atomic E-state index is 12.8. The van der Waals surface area contributed by atoms with E-state index in [0.717, 1.165) is 57.7 Å². The minimum atomic E-state index is -0.556. The first-order valence-corrected chi connectivity index (χ1v) is 14.4. The molecule has 0 atom stereocenters. The number of likely N-dealkylation sites (tertiary alicyclic amines) is 1. The van der Waals surface area contributed by atoms with Gasteiger partial charge in [-0.3, -0.25) is 9.59 Å². The van der Waals surface area contributed by atoms with Crippen molar-refractivity contribution in [3.8, 4) is 0 Å². The van der Waals surface area contributed by atoms with E-state index in [4.69, 9.17) is 17.2 Å². The first kappa shape index (κ1) is 28.9. The molecule has 0 bridgehead atoms. The number of carbonyl (C=O) groups is 2. The third-order valence-corrected chi connectivity index (χ3v) is 8.08. The molecule has 1 aromatic carbocycles. The summed E-state index contributed by atoms with van der Waals surface area (Å²) in [5.41, 5.74) is 20.7. The number of nitrogens with zero attached hydrogens (tertiary/aromatic N) is 4. The number of carbonyl (C=O) groups excluding carboxylic acids is 2. The molecule has 4 heterocycles. The minimum Gasteiger partial charge on any atom is -0.398 e. The van der Waals surface area contributed by atoms with E-state index in [1.807, 2.05) is 12.1 Å². The summed E-state index contributed by atoms with van der Waals surface area (Å²) in [6.07, 6.45) is 6.99. The van der Waals surface area contributed by atoms with E-state index < -0.39 is 5.91 Å². The summed E-state index contributed by atoms with van der Waals surface area (Å²) in [6, 6.07) is 10.9. The van der Waals surface area contributed by atoms with E-state index in [-0.39, 0.29) is 11.9 Å². The highest BCUT2D eigenvalue weighted by atomic mass is 16.2. The molecule has 2 fully saturated rings. The molecule has 0 radical (unpaired) electrons. The quantitative estimate of drug-likeness (QED) is 0.209. The molecule has 5 rings (SSSR count). The van der Waals surface area contributed by atoms with Gasteiger partial charge in [0.25, 0.3) is 11.8 Å². The Hall–Kier alpha value is -4.58. The van der Waals surface area contributed by atoms with E-state index in [9.17, 15) is 9.59 Å². The van der Waals surface area contributed by atoms with E-state index in [0.29, 0.717) is 52.2 Å². The number of nitrogens with one attached hydrogen (secondary N) is 3. The van der Waals surface area contributed by atoms with Crippen molar-refractivity contribution < 1.29 is 9.59 Å². The molecule has 12 nitrogen and oxygen atoms in total. The van der Waals surface area contributed by atoms with Crippen LogP contribution in [0.1, 0.15) is 46.4 Å². The van der Waals surface area contributed by atoms with E-state index in [1.165, 1.54) is 6.20 Å². The lowest BCUT2D eigenvalue weighted by Crippen LogP contribution is -2.39. The number of rotatable bonds is 9. The maximum atomic E-state index is 12.8. The Morgan fingerprint density at radius 1 is 0.929 bits per heavy atom. The number of anilines is 6. The first-order valence-electron chi connectivity index (χ1n) is 14.4. The van der Waals surface area contributed by atoms with Crippen molar-refractivity contribution >= 4 is 46.2 Å². The molecule has 0 saturated carbocycles. The molecule has 9 N–H and O–H groups in total. The van der Waals surface area contributed by atoms with Gasteiger partial charge in [0, 0.05) is 49.3 Å². The van der Waals surface area contributed by atoms with E-state index >= 15 is 0 Å². The molecule has 2 aliphatic heterocycles. The predicted octanol–water partition coefficient (Wildman–Crippen LogP) is 2.64. The van der Waals surface area contributed by atoms with Gasteiger partial charge in [-0.25, -0.2) is 9.97 Å². The van der Waals surface area contributed by atoms with Crippen LogP contribution in [0, 0.1) is 5.92 Å². The zero-order valence-electron chi connectivity index (χ0n) is 24.0. The number of nitrogens with two attached hydrogens (primary N) is 3. The fourth-order valence-corrected chi connectivity index (χ4v) is 5.49. The number of aromatic nitrogens is 2. The van der Waals surface area contributed by atoms with Crippen LogP contribution in [0.4, 0.5) is 34.4 Å². The molecule has 42 heavy (non-hydrogen) atoms. The van der Waals surface area contributed by atoms with Crippen LogP contribution in [0.5, 0.6) is 0 Å². The Labute approximate surface area is 246 Å². The number of pyridine rings is 2. The number of piperidine rings is 2. The van der Waals surface area contributed by atoms with Crippen molar-refractivity contribution in [3.63, 3.8) is 0 Å². The number of hydrogen-bond donors (Lipinski definition) is 6. The summed E-state index contributed by atoms with van der Waals surface area (Å²) in [6.45, 7) is 4.38. The summed E-state index contributed by atoms with van der Waals surface area (Å²) in [5.74, 6) is 1.17. The van der Waals surface area contributed by atoms with Gasteiger partial charge in [0.15, 0.2) is 0 Å². The lowest BCUT2D eigenvalue weighted by Gasteiger charge is -2.34. The van der Waals surface area contributed by atoms with Gasteiger partial charge in [-0.05, 0) is 82.1 Å². The topological polar surface area (TPSA) is 181 Å². The highest BCUT2D eigenvalue weighted by Gasteiger charge is 2.22. The molecule has 2 amide bonds. The van der Waals surface area contributed by atoms with Crippen LogP contribution < -0.4 is 38.1 Å². The molecule has 2 saturated heterocycles. The number of primary amides is 1. The predicted molar refractivity (Wildman–Crippen MR) is 167 cm³/mol. The number of nitrogen functional groups attached to an aromatic ring is 2. The Kier molecular flexibility index (Phi) is 8.91. The van der Waals surface area contributed by atoms with Gasteiger partial charge in [0.1, 0.15) is 11.6 Å². The minimum absolute atomic E-state index is 0.145. The molecule has 2 aromatic heterocycles. The van der Waals surface area contributed by atoms with Gasteiger partial charge in [-0.2, -0.15) is 0 Å². The third-order valence-electron chi connectivity index (χ3n) is 8.08. The molecule has 2 aliphatic rings. The van der Waals surface area contributed by atoms with Crippen molar-refractivity contribution in [2.24, 2.45) is 11.7 Å². The van der Waals surface area contributed by atoms with Crippen LogP contribution in [-0.2, 0) is 0 Å². The van der Waals surface area contributed by atoms with Crippen molar-refractivity contribution in [2.45, 2.75) is 31.7 Å². The van der Waals surface area contributed by atoms with Crippen molar-refractivity contribution in [2.75, 3.05) is 66.8 Å². The molecule has 0 unspecified atom stereocenters. The van der Waals surface area contributed by atoms with Crippen molar-refractivity contribution in [1.82, 2.24) is 20.2 Å². The second kappa shape index (κ2) is 12.9. The highest BCUT2D eigenvalue weighted by molar-refractivity contribution is 6.00. The zero-order chi connectivity index (χ0) is 29.6. The van der Waals surface area contributed by atoms with E-state index in [2.05, 4.69) is 42.8 Å². The molecule has 0 aliphatic carbocycles. The molecular formula is C30H40N10O2. The van der Waals surface area contributed by atoms with Crippen LogP contribution in [-0.4, -0.2) is 72.5 Å². The van der Waals surface area contributed by atoms with Gasteiger partial charge >= 0.3 is 0 Å². The largest absolute Gasteiger partial charge is 0.398 e. The Balaban J connectivity index is 1.20. The lowest BCUT2D eigenvalue weighted by molar-refractivity contribution is 0.0939. The van der Waals surface area contributed by atoms with Gasteiger partial charge in [-0.1, -0.05) is 0 Å². The third kappa shape index (κ3) is 7.19. The van der Waals surface area contributed by atoms with Gasteiger partial charge < -0.3 is 43.0 Å². The summed E-state index contributed by atoms with van der Waals surface area (Å²) in [7, 11) is 2.12.